The Labute approximate surface area is 182 Å². The number of para-hydroxylation sites is 1. The van der Waals surface area contributed by atoms with Crippen molar-refractivity contribution >= 4 is 11.4 Å². The van der Waals surface area contributed by atoms with E-state index in [0.29, 0.717) is 0 Å². The van der Waals surface area contributed by atoms with Crippen molar-refractivity contribution in [3.8, 4) is 11.1 Å². The molecule has 0 radical (unpaired) electrons. The third-order valence-corrected chi connectivity index (χ3v) is 6.41. The van der Waals surface area contributed by atoms with E-state index < -0.39 is 0 Å². The van der Waals surface area contributed by atoms with Crippen molar-refractivity contribution in [3.05, 3.63) is 83.4 Å². The number of anilines is 2. The first kappa shape index (κ1) is 20.7. The fourth-order valence-corrected chi connectivity index (χ4v) is 5.11. The first-order valence-electron chi connectivity index (χ1n) is 11.1. The minimum atomic E-state index is -0.0681. The van der Waals surface area contributed by atoms with E-state index in [1.807, 2.05) is 0 Å². The van der Waals surface area contributed by atoms with Crippen LogP contribution in [-0.4, -0.2) is 5.54 Å². The third kappa shape index (κ3) is 3.16. The normalized spacial score (nSPS) is 14.9. The van der Waals surface area contributed by atoms with Gasteiger partial charge < -0.3 is 4.90 Å². The predicted molar refractivity (Wildman–Crippen MR) is 131 cm³/mol. The minimum absolute atomic E-state index is 0.0352. The van der Waals surface area contributed by atoms with Crippen molar-refractivity contribution in [3.63, 3.8) is 0 Å². The van der Waals surface area contributed by atoms with E-state index in [9.17, 15) is 0 Å². The summed E-state index contributed by atoms with van der Waals surface area (Å²) >= 11 is 0. The van der Waals surface area contributed by atoms with Gasteiger partial charge in [-0.3, -0.25) is 0 Å². The van der Waals surface area contributed by atoms with Crippen LogP contribution in [0.5, 0.6) is 0 Å². The van der Waals surface area contributed by atoms with Crippen molar-refractivity contribution < 1.29 is 0 Å². The van der Waals surface area contributed by atoms with Gasteiger partial charge in [0.2, 0.25) is 0 Å². The zero-order valence-electron chi connectivity index (χ0n) is 19.8. The van der Waals surface area contributed by atoms with Crippen LogP contribution >= 0.6 is 0 Å². The van der Waals surface area contributed by atoms with Crippen molar-refractivity contribution in [1.82, 2.24) is 0 Å². The van der Waals surface area contributed by atoms with E-state index >= 15 is 0 Å². The van der Waals surface area contributed by atoms with Gasteiger partial charge in [-0.1, -0.05) is 89.2 Å². The second-order valence-corrected chi connectivity index (χ2v) is 11.1. The highest BCUT2D eigenvalue weighted by molar-refractivity contribution is 5.89. The zero-order valence-corrected chi connectivity index (χ0v) is 19.8. The summed E-state index contributed by atoms with van der Waals surface area (Å²) in [6.07, 6.45) is 0. The summed E-state index contributed by atoms with van der Waals surface area (Å²) in [7, 11) is 0. The summed E-state index contributed by atoms with van der Waals surface area (Å²) in [6.45, 7) is 18.7. The van der Waals surface area contributed by atoms with E-state index in [0.717, 1.165) is 0 Å². The average Bonchev–Trinajstić information content (AvgIpc) is 2.89. The lowest BCUT2D eigenvalue weighted by Crippen LogP contribution is -2.40. The molecule has 4 rings (SSSR count). The van der Waals surface area contributed by atoms with Crippen LogP contribution in [0.25, 0.3) is 11.1 Å². The molecule has 0 atom stereocenters. The first-order valence-corrected chi connectivity index (χ1v) is 11.1. The zero-order chi connectivity index (χ0) is 21.9. The molecule has 1 nitrogen and oxygen atoms in total. The number of fused-ring (bicyclic) bond motifs is 3. The molecule has 0 heterocycles. The van der Waals surface area contributed by atoms with Gasteiger partial charge in [0.15, 0.2) is 0 Å². The molecular formula is C29H35N. The Hall–Kier alpha value is -2.54. The molecule has 1 heteroatoms. The second-order valence-electron chi connectivity index (χ2n) is 11.1. The van der Waals surface area contributed by atoms with Gasteiger partial charge in [-0.25, -0.2) is 0 Å². The van der Waals surface area contributed by atoms with Crippen LogP contribution in [0.2, 0.25) is 0 Å². The summed E-state index contributed by atoms with van der Waals surface area (Å²) < 4.78 is 0. The maximum atomic E-state index is 2.57. The number of benzene rings is 3. The van der Waals surface area contributed by atoms with Gasteiger partial charge in [-0.2, -0.15) is 0 Å². The monoisotopic (exact) mass is 397 g/mol. The lowest BCUT2D eigenvalue weighted by atomic mass is 9.76. The Morgan fingerprint density at radius 3 is 1.87 bits per heavy atom. The van der Waals surface area contributed by atoms with E-state index in [-0.39, 0.29) is 16.4 Å². The smallest absolute Gasteiger partial charge is 0.0501 e. The maximum absolute atomic E-state index is 2.57. The van der Waals surface area contributed by atoms with Crippen LogP contribution < -0.4 is 4.90 Å². The van der Waals surface area contributed by atoms with Gasteiger partial charge in [0.25, 0.3) is 0 Å². The molecule has 0 bridgehead atoms. The molecule has 3 aromatic carbocycles. The predicted octanol–water partition coefficient (Wildman–Crippen LogP) is 8.23. The lowest BCUT2D eigenvalue weighted by Gasteiger charge is -2.43. The van der Waals surface area contributed by atoms with Gasteiger partial charge in [0, 0.05) is 16.6 Å². The number of hydrogen-bond donors (Lipinski definition) is 0. The molecule has 0 saturated carbocycles. The molecule has 0 N–H and O–H groups in total. The van der Waals surface area contributed by atoms with Crippen LogP contribution in [0.4, 0.5) is 11.4 Å². The number of hydrogen-bond acceptors (Lipinski definition) is 1. The van der Waals surface area contributed by atoms with Crippen LogP contribution in [0.3, 0.4) is 0 Å². The molecule has 3 aromatic rings. The highest BCUT2D eigenvalue weighted by atomic mass is 15.2. The molecule has 0 saturated heterocycles. The molecular weight excluding hydrogens is 362 g/mol. The second kappa shape index (κ2) is 6.74. The van der Waals surface area contributed by atoms with Gasteiger partial charge in [-0.15, -0.1) is 0 Å². The van der Waals surface area contributed by atoms with Crippen LogP contribution in [-0.2, 0) is 10.8 Å². The van der Waals surface area contributed by atoms with E-state index in [1.165, 1.54) is 39.2 Å². The maximum Gasteiger partial charge on any atom is 0.0501 e. The largest absolute Gasteiger partial charge is 0.336 e. The number of nitrogens with zero attached hydrogens (tertiary/aromatic N) is 1. The molecule has 0 unspecified atom stereocenters. The molecule has 0 aromatic heterocycles. The van der Waals surface area contributed by atoms with Gasteiger partial charge >= 0.3 is 0 Å². The summed E-state index contributed by atoms with van der Waals surface area (Å²) in [6, 6.07) is 24.5. The Kier molecular flexibility index (Phi) is 4.65. The summed E-state index contributed by atoms with van der Waals surface area (Å²) in [5.41, 5.74) is 9.57. The molecule has 0 spiro atoms. The first-order chi connectivity index (χ1) is 13.9. The Bertz CT molecular complexity index is 1080. The van der Waals surface area contributed by atoms with Crippen LogP contribution in [0.1, 0.15) is 72.1 Å². The average molecular weight is 398 g/mol. The van der Waals surface area contributed by atoms with Crippen molar-refractivity contribution in [1.29, 1.82) is 0 Å². The highest BCUT2D eigenvalue weighted by Gasteiger charge is 2.42. The SMILES string of the molecule is CC(C)(C)c1ccc2c(c1N(c1ccccc1)C(C)(C)C)C(C)(C)c1ccccc1-2. The van der Waals surface area contributed by atoms with Gasteiger partial charge in [0.1, 0.15) is 0 Å². The summed E-state index contributed by atoms with van der Waals surface area (Å²) in [5, 5.41) is 0. The molecule has 0 fully saturated rings. The highest BCUT2D eigenvalue weighted by Crippen LogP contribution is 2.56. The van der Waals surface area contributed by atoms with Crippen LogP contribution in [0.15, 0.2) is 66.7 Å². The van der Waals surface area contributed by atoms with Gasteiger partial charge in [0.05, 0.1) is 5.69 Å². The van der Waals surface area contributed by atoms with Crippen molar-refractivity contribution in [2.45, 2.75) is 71.8 Å². The van der Waals surface area contributed by atoms with Crippen LogP contribution in [0, 0.1) is 0 Å². The third-order valence-electron chi connectivity index (χ3n) is 6.41. The van der Waals surface area contributed by atoms with E-state index in [1.54, 1.807) is 0 Å². The lowest BCUT2D eigenvalue weighted by molar-refractivity contribution is 0.535. The summed E-state index contributed by atoms with van der Waals surface area (Å²) in [5.74, 6) is 0. The molecule has 0 aliphatic heterocycles. The van der Waals surface area contributed by atoms with Gasteiger partial charge in [-0.05, 0) is 66.1 Å². The molecule has 1 aliphatic rings. The van der Waals surface area contributed by atoms with E-state index in [2.05, 4.69) is 127 Å². The number of rotatable bonds is 2. The van der Waals surface area contributed by atoms with Crippen molar-refractivity contribution in [2.24, 2.45) is 0 Å². The fourth-order valence-electron chi connectivity index (χ4n) is 5.11. The molecule has 156 valence electrons. The topological polar surface area (TPSA) is 3.24 Å². The standard InChI is InChI=1S/C29H35N/c1-27(2,3)24-19-18-22-21-16-12-13-17-23(21)29(7,8)25(22)26(24)30(28(4,5)6)20-14-10-9-11-15-20/h9-19H,1-8H3. The molecule has 0 amide bonds. The Morgan fingerprint density at radius 1 is 0.667 bits per heavy atom. The quantitative estimate of drug-likeness (QED) is 0.421. The fraction of sp³-hybridized carbons (Fsp3) is 0.379. The summed E-state index contributed by atoms with van der Waals surface area (Å²) in [4.78, 5) is 2.57. The van der Waals surface area contributed by atoms with E-state index in [4.69, 9.17) is 0 Å². The molecule has 30 heavy (non-hydrogen) atoms. The van der Waals surface area contributed by atoms with Crippen molar-refractivity contribution in [2.75, 3.05) is 4.90 Å². The Balaban J connectivity index is 2.14. The molecule has 1 aliphatic carbocycles. The minimum Gasteiger partial charge on any atom is -0.336 e. The Morgan fingerprint density at radius 2 is 1.27 bits per heavy atom.